The summed E-state index contributed by atoms with van der Waals surface area (Å²) in [6.45, 7) is -0.300. The monoisotopic (exact) mass is 316 g/mol. The fraction of sp³-hybridized carbons (Fsp3) is 0.385. The van der Waals surface area contributed by atoms with Gasteiger partial charge in [-0.2, -0.15) is 0 Å². The molecule has 1 saturated carbocycles. The van der Waals surface area contributed by atoms with Gasteiger partial charge in [0.1, 0.15) is 0 Å². The van der Waals surface area contributed by atoms with Crippen molar-refractivity contribution in [2.75, 3.05) is 19.4 Å². The number of nitrogens with two attached hydrogens (primary N) is 1. The van der Waals surface area contributed by atoms with Crippen LogP contribution in [0.5, 0.6) is 0 Å². The van der Waals surface area contributed by atoms with Crippen LogP contribution in [0.1, 0.15) is 23.2 Å². The molecule has 1 aromatic rings. The lowest BCUT2D eigenvalue weighted by Gasteiger charge is -2.16. The van der Waals surface area contributed by atoms with Crippen LogP contribution in [0.25, 0.3) is 0 Å². The molecule has 108 valence electrons. The minimum atomic E-state index is -0.659. The summed E-state index contributed by atoms with van der Waals surface area (Å²) in [6.07, 6.45) is 2.00. The summed E-state index contributed by atoms with van der Waals surface area (Å²) >= 11 is 11.6. The molecular formula is C13H14Cl2N2O3. The minimum absolute atomic E-state index is 0.166. The Hall–Kier alpha value is -1.46. The molecule has 0 spiro atoms. The Bertz CT molecular complexity index is 536. The number of rotatable bonds is 4. The van der Waals surface area contributed by atoms with E-state index in [-0.39, 0.29) is 39.9 Å². The molecular weight excluding hydrogens is 303 g/mol. The molecule has 0 aliphatic heterocycles. The number of carbonyl (C=O) groups excluding carboxylic acids is 2. The van der Waals surface area contributed by atoms with Crippen molar-refractivity contribution in [3.63, 3.8) is 0 Å². The fourth-order valence-electron chi connectivity index (χ4n) is 1.71. The molecule has 0 radical (unpaired) electrons. The van der Waals surface area contributed by atoms with Gasteiger partial charge in [0.25, 0.3) is 5.91 Å². The van der Waals surface area contributed by atoms with Crippen LogP contribution in [0.15, 0.2) is 12.1 Å². The number of benzene rings is 1. The summed E-state index contributed by atoms with van der Waals surface area (Å²) in [5.74, 6) is -0.887. The lowest BCUT2D eigenvalue weighted by atomic mass is 10.2. The highest BCUT2D eigenvalue weighted by atomic mass is 35.5. The van der Waals surface area contributed by atoms with Crippen molar-refractivity contribution in [3.05, 3.63) is 27.7 Å². The van der Waals surface area contributed by atoms with E-state index in [0.29, 0.717) is 0 Å². The van der Waals surface area contributed by atoms with E-state index in [0.717, 1.165) is 12.8 Å². The number of hydrogen-bond donors (Lipinski definition) is 1. The van der Waals surface area contributed by atoms with Crippen LogP contribution >= 0.6 is 23.2 Å². The van der Waals surface area contributed by atoms with Crippen LogP contribution in [0.2, 0.25) is 10.0 Å². The quantitative estimate of drug-likeness (QED) is 0.683. The van der Waals surface area contributed by atoms with E-state index in [1.54, 1.807) is 11.9 Å². The van der Waals surface area contributed by atoms with E-state index in [2.05, 4.69) is 0 Å². The molecule has 0 aromatic heterocycles. The largest absolute Gasteiger partial charge is 0.452 e. The SMILES string of the molecule is CN(C(=O)COC(=O)c1cc(N)c(Cl)c(Cl)c1)C1CC1. The Labute approximate surface area is 126 Å². The topological polar surface area (TPSA) is 72.6 Å². The van der Waals surface area contributed by atoms with Crippen molar-refractivity contribution in [1.82, 2.24) is 4.90 Å². The molecule has 0 unspecified atom stereocenters. The van der Waals surface area contributed by atoms with E-state index in [9.17, 15) is 9.59 Å². The lowest BCUT2D eigenvalue weighted by Crippen LogP contribution is -2.32. The molecule has 2 N–H and O–H groups in total. The van der Waals surface area contributed by atoms with Gasteiger partial charge in [-0.15, -0.1) is 0 Å². The van der Waals surface area contributed by atoms with Crippen molar-refractivity contribution in [1.29, 1.82) is 0 Å². The van der Waals surface area contributed by atoms with Gasteiger partial charge in [0.15, 0.2) is 6.61 Å². The average Bonchev–Trinajstić information content (AvgIpc) is 3.24. The summed E-state index contributed by atoms with van der Waals surface area (Å²) in [4.78, 5) is 25.1. The fourth-order valence-corrected chi connectivity index (χ4v) is 2.04. The highest BCUT2D eigenvalue weighted by Crippen LogP contribution is 2.29. The highest BCUT2D eigenvalue weighted by Gasteiger charge is 2.29. The normalized spacial score (nSPS) is 13.9. The Balaban J connectivity index is 1.96. The summed E-state index contributed by atoms with van der Waals surface area (Å²) in [5, 5.41) is 0.354. The first kappa shape index (κ1) is 14.9. The average molecular weight is 317 g/mol. The van der Waals surface area contributed by atoms with Crippen LogP contribution in [0.4, 0.5) is 5.69 Å². The van der Waals surface area contributed by atoms with E-state index in [1.807, 2.05) is 0 Å². The van der Waals surface area contributed by atoms with E-state index >= 15 is 0 Å². The standard InChI is InChI=1S/C13H14Cl2N2O3/c1-17(8-2-3-8)11(18)6-20-13(19)7-4-9(14)12(15)10(16)5-7/h4-5,8H,2-3,6,16H2,1H3. The van der Waals surface area contributed by atoms with Gasteiger partial charge in [0, 0.05) is 13.1 Å². The number of nitrogens with zero attached hydrogens (tertiary/aromatic N) is 1. The molecule has 1 aliphatic carbocycles. The zero-order valence-corrected chi connectivity index (χ0v) is 12.4. The Morgan fingerprint density at radius 1 is 1.40 bits per heavy atom. The van der Waals surface area contributed by atoms with Gasteiger partial charge in [0.2, 0.25) is 0 Å². The zero-order valence-electron chi connectivity index (χ0n) is 10.9. The van der Waals surface area contributed by atoms with Crippen molar-refractivity contribution >= 4 is 40.8 Å². The number of likely N-dealkylation sites (N-methyl/N-ethyl adjacent to an activating group) is 1. The number of halogens is 2. The Kier molecular flexibility index (Phi) is 4.40. The second-order valence-corrected chi connectivity index (χ2v) is 5.46. The van der Waals surface area contributed by atoms with Gasteiger partial charge in [-0.1, -0.05) is 23.2 Å². The molecule has 7 heteroatoms. The van der Waals surface area contributed by atoms with Gasteiger partial charge in [0.05, 0.1) is 21.3 Å². The minimum Gasteiger partial charge on any atom is -0.452 e. The van der Waals surface area contributed by atoms with Crippen molar-refractivity contribution in [3.8, 4) is 0 Å². The Morgan fingerprint density at radius 2 is 2.05 bits per heavy atom. The van der Waals surface area contributed by atoms with E-state index < -0.39 is 5.97 Å². The first-order chi connectivity index (χ1) is 9.40. The lowest BCUT2D eigenvalue weighted by molar-refractivity contribution is -0.133. The van der Waals surface area contributed by atoms with Crippen molar-refractivity contribution in [2.24, 2.45) is 0 Å². The zero-order chi connectivity index (χ0) is 14.9. The van der Waals surface area contributed by atoms with Crippen LogP contribution < -0.4 is 5.73 Å². The number of nitrogen functional groups attached to an aromatic ring is 1. The van der Waals surface area contributed by atoms with Gasteiger partial charge >= 0.3 is 5.97 Å². The van der Waals surface area contributed by atoms with Crippen LogP contribution in [-0.2, 0) is 9.53 Å². The second kappa shape index (κ2) is 5.89. The number of anilines is 1. The molecule has 0 atom stereocenters. The number of ether oxygens (including phenoxy) is 1. The van der Waals surface area contributed by atoms with E-state index in [1.165, 1.54) is 12.1 Å². The third-order valence-electron chi connectivity index (χ3n) is 3.11. The van der Waals surface area contributed by atoms with E-state index in [4.69, 9.17) is 33.7 Å². The third-order valence-corrected chi connectivity index (χ3v) is 3.92. The van der Waals surface area contributed by atoms with Crippen LogP contribution in [-0.4, -0.2) is 36.5 Å². The molecule has 1 aliphatic rings. The van der Waals surface area contributed by atoms with Crippen molar-refractivity contribution in [2.45, 2.75) is 18.9 Å². The number of esters is 1. The number of hydrogen-bond acceptors (Lipinski definition) is 4. The van der Waals surface area contributed by atoms with Crippen LogP contribution in [0.3, 0.4) is 0 Å². The predicted octanol–water partition coefficient (Wildman–Crippen LogP) is 2.35. The Morgan fingerprint density at radius 3 is 2.60 bits per heavy atom. The van der Waals surface area contributed by atoms with Crippen molar-refractivity contribution < 1.29 is 14.3 Å². The van der Waals surface area contributed by atoms with Gasteiger partial charge in [-0.3, -0.25) is 4.79 Å². The molecule has 1 fully saturated rings. The maximum absolute atomic E-state index is 11.8. The first-order valence-electron chi connectivity index (χ1n) is 6.07. The molecule has 1 amide bonds. The van der Waals surface area contributed by atoms with Gasteiger partial charge in [-0.25, -0.2) is 4.79 Å². The summed E-state index contributed by atoms with van der Waals surface area (Å²) < 4.78 is 4.95. The van der Waals surface area contributed by atoms with Gasteiger partial charge in [-0.05, 0) is 25.0 Å². The first-order valence-corrected chi connectivity index (χ1v) is 6.83. The third kappa shape index (κ3) is 3.35. The predicted molar refractivity (Wildman–Crippen MR) is 76.9 cm³/mol. The number of carbonyl (C=O) groups is 2. The molecule has 0 heterocycles. The smallest absolute Gasteiger partial charge is 0.338 e. The second-order valence-electron chi connectivity index (χ2n) is 4.67. The summed E-state index contributed by atoms with van der Waals surface area (Å²) in [6, 6.07) is 3.00. The molecule has 0 bridgehead atoms. The molecule has 1 aromatic carbocycles. The molecule has 20 heavy (non-hydrogen) atoms. The molecule has 0 saturated heterocycles. The molecule has 5 nitrogen and oxygen atoms in total. The molecule has 2 rings (SSSR count). The highest BCUT2D eigenvalue weighted by molar-refractivity contribution is 6.43. The number of amides is 1. The van der Waals surface area contributed by atoms with Gasteiger partial charge < -0.3 is 15.4 Å². The summed E-state index contributed by atoms with van der Waals surface area (Å²) in [5.41, 5.74) is 5.97. The maximum Gasteiger partial charge on any atom is 0.338 e. The maximum atomic E-state index is 11.8. The van der Waals surface area contributed by atoms with Crippen LogP contribution in [0, 0.1) is 0 Å². The summed E-state index contributed by atoms with van der Waals surface area (Å²) in [7, 11) is 1.70.